The van der Waals surface area contributed by atoms with Gasteiger partial charge >= 0.3 is 0 Å². The Labute approximate surface area is 115 Å². The van der Waals surface area contributed by atoms with Crippen molar-refractivity contribution in [3.05, 3.63) is 30.1 Å². The van der Waals surface area contributed by atoms with E-state index in [0.29, 0.717) is 11.9 Å². The zero-order valence-corrected chi connectivity index (χ0v) is 11.4. The number of hydrogen-bond donors (Lipinski definition) is 0. The Morgan fingerprint density at radius 3 is 2.42 bits per heavy atom. The number of nitrogens with zero attached hydrogens (tertiary/aromatic N) is 2. The third-order valence-electron chi connectivity index (χ3n) is 4.33. The van der Waals surface area contributed by atoms with E-state index in [0.717, 1.165) is 19.4 Å². The van der Waals surface area contributed by atoms with Crippen molar-refractivity contribution in [3.8, 4) is 0 Å². The maximum Gasteiger partial charge on any atom is 0.226 e. The molecule has 3 heteroatoms. The quantitative estimate of drug-likeness (QED) is 0.831. The van der Waals surface area contributed by atoms with Gasteiger partial charge in [-0.25, -0.2) is 0 Å². The molecule has 2 aliphatic carbocycles. The fourth-order valence-corrected chi connectivity index (χ4v) is 3.04. The first-order chi connectivity index (χ1) is 9.34. The van der Waals surface area contributed by atoms with Gasteiger partial charge in [-0.05, 0) is 43.4 Å². The average Bonchev–Trinajstić information content (AvgIpc) is 3.31. The molecule has 102 valence electrons. The van der Waals surface area contributed by atoms with E-state index in [4.69, 9.17) is 0 Å². The largest absolute Gasteiger partial charge is 0.335 e. The van der Waals surface area contributed by atoms with Crippen LogP contribution >= 0.6 is 0 Å². The van der Waals surface area contributed by atoms with Gasteiger partial charge < -0.3 is 4.90 Å². The minimum atomic E-state index is 0.288. The van der Waals surface area contributed by atoms with Crippen molar-refractivity contribution in [2.75, 3.05) is 0 Å². The number of hydrogen-bond acceptors (Lipinski definition) is 2. The molecule has 2 aliphatic rings. The average molecular weight is 258 g/mol. The van der Waals surface area contributed by atoms with Crippen LogP contribution in [0.5, 0.6) is 0 Å². The van der Waals surface area contributed by atoms with Crippen molar-refractivity contribution in [3.63, 3.8) is 0 Å². The van der Waals surface area contributed by atoms with Crippen LogP contribution in [0.2, 0.25) is 0 Å². The fourth-order valence-electron chi connectivity index (χ4n) is 3.04. The molecule has 0 radical (unpaired) electrons. The van der Waals surface area contributed by atoms with Crippen LogP contribution in [0, 0.1) is 5.92 Å². The Morgan fingerprint density at radius 2 is 1.79 bits per heavy atom. The standard InChI is InChI=1S/C16H22N2O/c19-16(14-4-2-1-3-5-14)18(15-6-7-15)12-13-8-10-17-11-9-13/h8-11,14-15H,1-7,12H2. The van der Waals surface area contributed by atoms with Crippen LogP contribution in [-0.2, 0) is 11.3 Å². The lowest BCUT2D eigenvalue weighted by Crippen LogP contribution is -2.38. The van der Waals surface area contributed by atoms with Crippen molar-refractivity contribution in [1.82, 2.24) is 9.88 Å². The molecule has 3 nitrogen and oxygen atoms in total. The van der Waals surface area contributed by atoms with Crippen LogP contribution < -0.4 is 0 Å². The van der Waals surface area contributed by atoms with Gasteiger partial charge in [0.2, 0.25) is 5.91 Å². The summed E-state index contributed by atoms with van der Waals surface area (Å²) in [6, 6.07) is 4.54. The van der Waals surface area contributed by atoms with E-state index in [2.05, 4.69) is 9.88 Å². The smallest absolute Gasteiger partial charge is 0.226 e. The summed E-state index contributed by atoms with van der Waals surface area (Å²) in [5.74, 6) is 0.690. The zero-order chi connectivity index (χ0) is 13.1. The van der Waals surface area contributed by atoms with E-state index in [1.54, 1.807) is 0 Å². The number of aromatic nitrogens is 1. The molecular weight excluding hydrogens is 236 g/mol. The first kappa shape index (κ1) is 12.6. The maximum absolute atomic E-state index is 12.7. The minimum Gasteiger partial charge on any atom is -0.335 e. The summed E-state index contributed by atoms with van der Waals surface area (Å²) >= 11 is 0. The van der Waals surface area contributed by atoms with Gasteiger partial charge in [0.1, 0.15) is 0 Å². The summed E-state index contributed by atoms with van der Waals surface area (Å²) < 4.78 is 0. The van der Waals surface area contributed by atoms with Crippen LogP contribution in [0.25, 0.3) is 0 Å². The van der Waals surface area contributed by atoms with Gasteiger partial charge in [-0.2, -0.15) is 0 Å². The maximum atomic E-state index is 12.7. The molecule has 0 aliphatic heterocycles. The number of amides is 1. The van der Waals surface area contributed by atoms with Gasteiger partial charge in [0.05, 0.1) is 0 Å². The molecule has 19 heavy (non-hydrogen) atoms. The van der Waals surface area contributed by atoms with E-state index in [1.165, 1.54) is 37.7 Å². The molecule has 1 aromatic rings. The lowest BCUT2D eigenvalue weighted by molar-refractivity contribution is -0.137. The lowest BCUT2D eigenvalue weighted by atomic mass is 9.88. The molecule has 0 bridgehead atoms. The summed E-state index contributed by atoms with van der Waals surface area (Å²) in [6.07, 6.45) is 11.9. The third-order valence-corrected chi connectivity index (χ3v) is 4.33. The van der Waals surface area contributed by atoms with Crippen LogP contribution in [0.3, 0.4) is 0 Å². The molecular formula is C16H22N2O. The molecule has 3 rings (SSSR count). The second kappa shape index (κ2) is 5.72. The zero-order valence-electron chi connectivity index (χ0n) is 11.4. The highest BCUT2D eigenvalue weighted by Gasteiger charge is 2.35. The van der Waals surface area contributed by atoms with Crippen molar-refractivity contribution >= 4 is 5.91 Å². The predicted molar refractivity (Wildman–Crippen MR) is 74.4 cm³/mol. The van der Waals surface area contributed by atoms with Gasteiger partial charge in [0.15, 0.2) is 0 Å². The van der Waals surface area contributed by atoms with Gasteiger partial charge in [-0.3, -0.25) is 9.78 Å². The molecule has 0 saturated heterocycles. The number of pyridine rings is 1. The summed E-state index contributed by atoms with van der Waals surface area (Å²) in [5.41, 5.74) is 1.20. The molecule has 2 saturated carbocycles. The van der Waals surface area contributed by atoms with E-state index in [9.17, 15) is 4.79 Å². The summed E-state index contributed by atoms with van der Waals surface area (Å²) in [7, 11) is 0. The predicted octanol–water partition coefficient (Wildman–Crippen LogP) is 3.15. The second-order valence-electron chi connectivity index (χ2n) is 5.89. The van der Waals surface area contributed by atoms with Gasteiger partial charge in [-0.1, -0.05) is 19.3 Å². The van der Waals surface area contributed by atoms with Crippen molar-refractivity contribution < 1.29 is 4.79 Å². The monoisotopic (exact) mass is 258 g/mol. The summed E-state index contributed by atoms with van der Waals surface area (Å²) in [6.45, 7) is 0.766. The number of rotatable bonds is 4. The first-order valence-electron chi connectivity index (χ1n) is 7.54. The molecule has 2 fully saturated rings. The van der Waals surface area contributed by atoms with E-state index < -0.39 is 0 Å². The Bertz CT molecular complexity index is 422. The highest BCUT2D eigenvalue weighted by atomic mass is 16.2. The molecule has 0 spiro atoms. The topological polar surface area (TPSA) is 33.2 Å². The molecule has 0 N–H and O–H groups in total. The third kappa shape index (κ3) is 3.14. The lowest BCUT2D eigenvalue weighted by Gasteiger charge is -2.29. The van der Waals surface area contributed by atoms with Gasteiger partial charge in [0, 0.05) is 30.9 Å². The highest BCUT2D eigenvalue weighted by molar-refractivity contribution is 5.79. The van der Waals surface area contributed by atoms with Crippen molar-refractivity contribution in [2.24, 2.45) is 5.92 Å². The van der Waals surface area contributed by atoms with E-state index in [-0.39, 0.29) is 5.92 Å². The highest BCUT2D eigenvalue weighted by Crippen LogP contribution is 2.33. The van der Waals surface area contributed by atoms with E-state index in [1.807, 2.05) is 24.5 Å². The molecule has 0 aromatic carbocycles. The van der Waals surface area contributed by atoms with Crippen molar-refractivity contribution in [2.45, 2.75) is 57.5 Å². The van der Waals surface area contributed by atoms with Gasteiger partial charge in [0.25, 0.3) is 0 Å². The normalized spacial score (nSPS) is 20.2. The Morgan fingerprint density at radius 1 is 1.11 bits per heavy atom. The molecule has 1 heterocycles. The first-order valence-corrected chi connectivity index (χ1v) is 7.54. The number of carbonyl (C=O) groups is 1. The van der Waals surface area contributed by atoms with Gasteiger partial charge in [-0.15, -0.1) is 0 Å². The molecule has 1 amide bonds. The van der Waals surface area contributed by atoms with Crippen LogP contribution in [0.4, 0.5) is 0 Å². The fraction of sp³-hybridized carbons (Fsp3) is 0.625. The Hall–Kier alpha value is -1.38. The number of carbonyl (C=O) groups excluding carboxylic acids is 1. The Balaban J connectivity index is 1.68. The van der Waals surface area contributed by atoms with Crippen LogP contribution in [-0.4, -0.2) is 21.8 Å². The van der Waals surface area contributed by atoms with Crippen LogP contribution in [0.1, 0.15) is 50.5 Å². The minimum absolute atomic E-state index is 0.288. The summed E-state index contributed by atoms with van der Waals surface area (Å²) in [4.78, 5) is 18.9. The van der Waals surface area contributed by atoms with E-state index >= 15 is 0 Å². The van der Waals surface area contributed by atoms with Crippen molar-refractivity contribution in [1.29, 1.82) is 0 Å². The summed E-state index contributed by atoms with van der Waals surface area (Å²) in [5, 5.41) is 0. The SMILES string of the molecule is O=C(C1CCCCC1)N(Cc1ccncc1)C1CC1. The molecule has 0 unspecified atom stereocenters. The second-order valence-corrected chi connectivity index (χ2v) is 5.89. The molecule has 0 atom stereocenters. The Kier molecular flexibility index (Phi) is 3.81. The van der Waals surface area contributed by atoms with Crippen LogP contribution in [0.15, 0.2) is 24.5 Å². The molecule has 1 aromatic heterocycles.